The summed E-state index contributed by atoms with van der Waals surface area (Å²) in [5.74, 6) is -0.753. The van der Waals surface area contributed by atoms with Crippen molar-refractivity contribution in [3.05, 3.63) is 35.9 Å². The lowest BCUT2D eigenvalue weighted by Gasteiger charge is -2.18. The van der Waals surface area contributed by atoms with Gasteiger partial charge in [0.05, 0.1) is 5.41 Å². The summed E-state index contributed by atoms with van der Waals surface area (Å²) >= 11 is 0. The molecule has 0 bridgehead atoms. The van der Waals surface area contributed by atoms with Crippen LogP contribution in [-0.4, -0.2) is 11.1 Å². The molecule has 0 aliphatic carbocycles. The third kappa shape index (κ3) is 2.58. The van der Waals surface area contributed by atoms with Crippen LogP contribution in [0.4, 0.5) is 0 Å². The zero-order valence-corrected chi connectivity index (χ0v) is 7.95. The van der Waals surface area contributed by atoms with Gasteiger partial charge in [-0.2, -0.15) is 0 Å². The van der Waals surface area contributed by atoms with Crippen LogP contribution in [0.5, 0.6) is 0 Å². The molecule has 0 spiro atoms. The van der Waals surface area contributed by atoms with Crippen molar-refractivity contribution in [1.82, 2.24) is 0 Å². The molecule has 0 amide bonds. The van der Waals surface area contributed by atoms with Gasteiger partial charge < -0.3 is 5.11 Å². The third-order valence-electron chi connectivity index (χ3n) is 2.07. The Morgan fingerprint density at radius 2 is 1.85 bits per heavy atom. The van der Waals surface area contributed by atoms with Gasteiger partial charge in [-0.3, -0.25) is 4.79 Å². The SMILES string of the molecule is CC(C)(Cc1ccccc1)C(=O)O. The summed E-state index contributed by atoms with van der Waals surface area (Å²) in [5.41, 5.74) is 0.386. The summed E-state index contributed by atoms with van der Waals surface area (Å²) in [6.45, 7) is 3.48. The number of hydrogen-bond donors (Lipinski definition) is 1. The number of carboxylic acid groups (broad SMARTS) is 1. The highest BCUT2D eigenvalue weighted by molar-refractivity contribution is 5.74. The van der Waals surface area contributed by atoms with E-state index in [1.165, 1.54) is 0 Å². The number of rotatable bonds is 3. The Morgan fingerprint density at radius 3 is 2.31 bits per heavy atom. The largest absolute Gasteiger partial charge is 0.481 e. The predicted octanol–water partition coefficient (Wildman–Crippen LogP) is 2.34. The molecule has 0 saturated carbocycles. The lowest BCUT2D eigenvalue weighted by atomic mass is 9.86. The summed E-state index contributed by atoms with van der Waals surface area (Å²) < 4.78 is 0. The van der Waals surface area contributed by atoms with Crippen LogP contribution in [0.3, 0.4) is 0 Å². The number of carbonyl (C=O) groups is 1. The van der Waals surface area contributed by atoms with E-state index >= 15 is 0 Å². The molecule has 1 aromatic carbocycles. The second kappa shape index (κ2) is 3.60. The van der Waals surface area contributed by atoms with Gasteiger partial charge in [0.1, 0.15) is 0 Å². The molecular weight excluding hydrogens is 164 g/mol. The van der Waals surface area contributed by atoms with Crippen molar-refractivity contribution < 1.29 is 9.90 Å². The number of benzene rings is 1. The monoisotopic (exact) mass is 178 g/mol. The Labute approximate surface area is 78.2 Å². The average molecular weight is 178 g/mol. The first-order valence-corrected chi connectivity index (χ1v) is 4.30. The molecule has 2 nitrogen and oxygen atoms in total. The molecule has 0 aliphatic rings. The van der Waals surface area contributed by atoms with Crippen molar-refractivity contribution in [2.75, 3.05) is 0 Å². The standard InChI is InChI=1S/C11H14O2/c1-11(2,10(12)13)8-9-6-4-3-5-7-9/h3-7H,8H2,1-2H3,(H,12,13). The highest BCUT2D eigenvalue weighted by Gasteiger charge is 2.26. The van der Waals surface area contributed by atoms with Crippen LogP contribution in [-0.2, 0) is 11.2 Å². The molecule has 1 N–H and O–H groups in total. The molecule has 1 aromatic rings. The minimum absolute atomic E-state index is 0.573. The molecule has 1 rings (SSSR count). The first kappa shape index (κ1) is 9.78. The zero-order valence-electron chi connectivity index (χ0n) is 7.95. The van der Waals surface area contributed by atoms with Gasteiger partial charge in [-0.05, 0) is 25.8 Å². The molecule has 0 aromatic heterocycles. The Hall–Kier alpha value is -1.31. The molecule has 0 heterocycles. The van der Waals surface area contributed by atoms with E-state index in [9.17, 15) is 4.79 Å². The van der Waals surface area contributed by atoms with Gasteiger partial charge in [-0.15, -0.1) is 0 Å². The van der Waals surface area contributed by atoms with Crippen molar-refractivity contribution in [2.24, 2.45) is 5.41 Å². The molecule has 70 valence electrons. The van der Waals surface area contributed by atoms with Gasteiger partial charge in [-0.25, -0.2) is 0 Å². The van der Waals surface area contributed by atoms with Gasteiger partial charge in [0.2, 0.25) is 0 Å². The summed E-state index contributed by atoms with van der Waals surface area (Å²) in [4.78, 5) is 10.8. The molecule has 0 aliphatic heterocycles. The first-order chi connectivity index (χ1) is 6.02. The van der Waals surface area contributed by atoms with E-state index in [1.54, 1.807) is 13.8 Å². The maximum absolute atomic E-state index is 10.8. The molecular formula is C11H14O2. The van der Waals surface area contributed by atoms with Gasteiger partial charge >= 0.3 is 5.97 Å². The van der Waals surface area contributed by atoms with E-state index in [-0.39, 0.29) is 0 Å². The Kier molecular flexibility index (Phi) is 2.71. The van der Waals surface area contributed by atoms with Crippen LogP contribution in [0.25, 0.3) is 0 Å². The van der Waals surface area contributed by atoms with E-state index in [0.29, 0.717) is 6.42 Å². The van der Waals surface area contributed by atoms with E-state index in [2.05, 4.69) is 0 Å². The highest BCUT2D eigenvalue weighted by atomic mass is 16.4. The van der Waals surface area contributed by atoms with Gasteiger partial charge in [0.15, 0.2) is 0 Å². The fourth-order valence-corrected chi connectivity index (χ4v) is 1.18. The molecule has 0 fully saturated rings. The van der Waals surface area contributed by atoms with Crippen LogP contribution in [0, 0.1) is 5.41 Å². The van der Waals surface area contributed by atoms with Crippen LogP contribution in [0.1, 0.15) is 19.4 Å². The second-order valence-electron chi connectivity index (χ2n) is 3.85. The molecule has 13 heavy (non-hydrogen) atoms. The molecule has 0 radical (unpaired) electrons. The lowest BCUT2D eigenvalue weighted by Crippen LogP contribution is -2.26. The highest BCUT2D eigenvalue weighted by Crippen LogP contribution is 2.21. The van der Waals surface area contributed by atoms with E-state index in [1.807, 2.05) is 30.3 Å². The van der Waals surface area contributed by atoms with Crippen LogP contribution < -0.4 is 0 Å². The normalized spacial score (nSPS) is 11.2. The Balaban J connectivity index is 2.75. The van der Waals surface area contributed by atoms with Gasteiger partial charge in [0, 0.05) is 0 Å². The van der Waals surface area contributed by atoms with Crippen LogP contribution in [0.2, 0.25) is 0 Å². The molecule has 0 unspecified atom stereocenters. The topological polar surface area (TPSA) is 37.3 Å². The maximum Gasteiger partial charge on any atom is 0.309 e. The fourth-order valence-electron chi connectivity index (χ4n) is 1.18. The zero-order chi connectivity index (χ0) is 9.90. The van der Waals surface area contributed by atoms with Crippen LogP contribution >= 0.6 is 0 Å². The quantitative estimate of drug-likeness (QED) is 0.771. The first-order valence-electron chi connectivity index (χ1n) is 4.30. The fraction of sp³-hybridized carbons (Fsp3) is 0.364. The van der Waals surface area contributed by atoms with Gasteiger partial charge in [-0.1, -0.05) is 30.3 Å². The summed E-state index contributed by atoms with van der Waals surface area (Å²) in [5, 5.41) is 8.90. The molecule has 0 saturated heterocycles. The van der Waals surface area contributed by atoms with Crippen molar-refractivity contribution in [2.45, 2.75) is 20.3 Å². The van der Waals surface area contributed by atoms with Crippen molar-refractivity contribution >= 4 is 5.97 Å². The maximum atomic E-state index is 10.8. The van der Waals surface area contributed by atoms with E-state index < -0.39 is 11.4 Å². The summed E-state index contributed by atoms with van der Waals surface area (Å²) in [6.07, 6.45) is 0.573. The second-order valence-corrected chi connectivity index (χ2v) is 3.85. The van der Waals surface area contributed by atoms with Crippen molar-refractivity contribution in [1.29, 1.82) is 0 Å². The number of carboxylic acids is 1. The molecule has 0 atom stereocenters. The van der Waals surface area contributed by atoms with Crippen molar-refractivity contribution in [3.63, 3.8) is 0 Å². The minimum Gasteiger partial charge on any atom is -0.481 e. The minimum atomic E-state index is -0.753. The number of aliphatic carboxylic acids is 1. The average Bonchev–Trinajstić information content (AvgIpc) is 2.05. The van der Waals surface area contributed by atoms with Crippen molar-refractivity contribution in [3.8, 4) is 0 Å². The van der Waals surface area contributed by atoms with Gasteiger partial charge in [0.25, 0.3) is 0 Å². The lowest BCUT2D eigenvalue weighted by molar-refractivity contribution is -0.146. The summed E-state index contributed by atoms with van der Waals surface area (Å²) in [6, 6.07) is 9.67. The molecule has 2 heteroatoms. The third-order valence-corrected chi connectivity index (χ3v) is 2.07. The van der Waals surface area contributed by atoms with Crippen LogP contribution in [0.15, 0.2) is 30.3 Å². The summed E-state index contributed by atoms with van der Waals surface area (Å²) in [7, 11) is 0. The van der Waals surface area contributed by atoms with E-state index in [4.69, 9.17) is 5.11 Å². The van der Waals surface area contributed by atoms with E-state index in [0.717, 1.165) is 5.56 Å². The predicted molar refractivity (Wildman–Crippen MR) is 51.6 cm³/mol. The Bertz CT molecular complexity index is 288. The number of hydrogen-bond acceptors (Lipinski definition) is 1. The Morgan fingerprint density at radius 1 is 1.31 bits per heavy atom. The smallest absolute Gasteiger partial charge is 0.309 e.